The summed E-state index contributed by atoms with van der Waals surface area (Å²) < 4.78 is 42.2. The van der Waals surface area contributed by atoms with Gasteiger partial charge in [0.15, 0.2) is 11.7 Å². The van der Waals surface area contributed by atoms with Crippen LogP contribution in [0.25, 0.3) is 10.2 Å². The number of rotatable bonds is 5. The summed E-state index contributed by atoms with van der Waals surface area (Å²) in [5.41, 5.74) is 0.582. The van der Waals surface area contributed by atoms with E-state index in [9.17, 15) is 18.0 Å². The molecule has 1 aliphatic heterocycles. The summed E-state index contributed by atoms with van der Waals surface area (Å²) >= 11 is 1.19. The molecule has 0 spiro atoms. The number of ether oxygens (including phenoxy) is 1. The number of nitrogens with one attached hydrogen (secondary N) is 1. The van der Waals surface area contributed by atoms with Crippen molar-refractivity contribution >= 4 is 32.6 Å². The van der Waals surface area contributed by atoms with E-state index in [1.165, 1.54) is 23.5 Å². The number of amides is 1. The highest BCUT2D eigenvalue weighted by atomic mass is 32.1. The number of benzene rings is 1. The number of thiazole rings is 1. The predicted molar refractivity (Wildman–Crippen MR) is 97.8 cm³/mol. The predicted octanol–water partition coefficient (Wildman–Crippen LogP) is 3.66. The Morgan fingerprint density at radius 3 is 3.00 bits per heavy atom. The molecule has 2 heterocycles. The molecule has 5 nitrogen and oxygen atoms in total. The number of anilines is 1. The second-order valence-corrected chi connectivity index (χ2v) is 7.26. The molecule has 0 aliphatic carbocycles. The Morgan fingerprint density at radius 1 is 1.44 bits per heavy atom. The van der Waals surface area contributed by atoms with Gasteiger partial charge in [0, 0.05) is 0 Å². The van der Waals surface area contributed by atoms with Crippen molar-refractivity contribution in [2.75, 3.05) is 25.0 Å². The van der Waals surface area contributed by atoms with Crippen LogP contribution in [0.4, 0.5) is 18.3 Å². The fourth-order valence-electron chi connectivity index (χ4n) is 3.00. The summed E-state index contributed by atoms with van der Waals surface area (Å²) in [6.07, 6.45) is 3.67. The third-order valence-corrected chi connectivity index (χ3v) is 5.14. The highest BCUT2D eigenvalue weighted by Crippen LogP contribution is 2.30. The molecule has 2 aromatic rings. The molecule has 0 bridgehead atoms. The molecule has 9 heteroatoms. The van der Waals surface area contributed by atoms with E-state index in [4.69, 9.17) is 11.2 Å². The van der Waals surface area contributed by atoms with Crippen LogP contribution >= 0.6 is 11.3 Å². The van der Waals surface area contributed by atoms with E-state index in [1.807, 2.05) is 4.90 Å². The van der Waals surface area contributed by atoms with Gasteiger partial charge < -0.3 is 10.1 Å². The SMILES string of the molecule is C#CCN1CCCCC1C(=O)Nc1nc2ccc(OCC(F)(F)F)cc2s1. The number of aromatic nitrogens is 1. The van der Waals surface area contributed by atoms with Gasteiger partial charge >= 0.3 is 6.18 Å². The third-order valence-electron chi connectivity index (χ3n) is 4.20. The van der Waals surface area contributed by atoms with E-state index in [-0.39, 0.29) is 17.7 Å². The first-order valence-electron chi connectivity index (χ1n) is 8.44. The van der Waals surface area contributed by atoms with Crippen LogP contribution in [0.5, 0.6) is 5.75 Å². The molecule has 1 fully saturated rings. The lowest BCUT2D eigenvalue weighted by molar-refractivity contribution is -0.153. The summed E-state index contributed by atoms with van der Waals surface area (Å²) in [7, 11) is 0. The highest BCUT2D eigenvalue weighted by Gasteiger charge is 2.29. The highest BCUT2D eigenvalue weighted by molar-refractivity contribution is 7.22. The van der Waals surface area contributed by atoms with Crippen molar-refractivity contribution in [3.8, 4) is 18.1 Å². The van der Waals surface area contributed by atoms with Gasteiger partial charge in [0.05, 0.1) is 22.8 Å². The largest absolute Gasteiger partial charge is 0.484 e. The van der Waals surface area contributed by atoms with Crippen LogP contribution in [0.1, 0.15) is 19.3 Å². The molecule has 1 atom stereocenters. The molecular weight excluding hydrogens is 379 g/mol. The standard InChI is InChI=1S/C18H18F3N3O2S/c1-2-8-24-9-4-3-5-14(24)16(25)23-17-22-13-7-6-12(10-15(13)27-17)26-11-18(19,20)21/h1,6-7,10,14H,3-5,8-9,11H2,(H,22,23,25). The normalized spacial score (nSPS) is 18.2. The van der Waals surface area contributed by atoms with Crippen molar-refractivity contribution in [1.82, 2.24) is 9.88 Å². The van der Waals surface area contributed by atoms with Crippen molar-refractivity contribution in [3.05, 3.63) is 18.2 Å². The summed E-state index contributed by atoms with van der Waals surface area (Å²) in [5.74, 6) is 2.51. The Kier molecular flexibility index (Phi) is 5.87. The number of carbonyl (C=O) groups is 1. The Hall–Kier alpha value is -2.31. The number of likely N-dealkylation sites (tertiary alicyclic amines) is 1. The maximum atomic E-state index is 12.6. The van der Waals surface area contributed by atoms with Crippen molar-refractivity contribution in [2.45, 2.75) is 31.5 Å². The van der Waals surface area contributed by atoms with E-state index in [0.29, 0.717) is 21.9 Å². The Labute approximate surface area is 158 Å². The minimum atomic E-state index is -4.40. The number of hydrogen-bond acceptors (Lipinski definition) is 5. The maximum Gasteiger partial charge on any atom is 0.422 e. The molecule has 144 valence electrons. The van der Waals surface area contributed by atoms with E-state index in [0.717, 1.165) is 25.8 Å². The number of piperidine rings is 1. The average Bonchev–Trinajstić information content (AvgIpc) is 3.01. The summed E-state index contributed by atoms with van der Waals surface area (Å²) in [6.45, 7) is -0.159. The van der Waals surface area contributed by atoms with Crippen LogP contribution in [0.3, 0.4) is 0 Å². The summed E-state index contributed by atoms with van der Waals surface area (Å²) in [4.78, 5) is 18.9. The Bertz CT molecular complexity index is 860. The topological polar surface area (TPSA) is 54.5 Å². The quantitative estimate of drug-likeness (QED) is 0.783. The lowest BCUT2D eigenvalue weighted by atomic mass is 10.0. The number of terminal acetylenes is 1. The van der Waals surface area contributed by atoms with Crippen LogP contribution < -0.4 is 10.1 Å². The molecule has 27 heavy (non-hydrogen) atoms. The van der Waals surface area contributed by atoms with Crippen LogP contribution in [0.15, 0.2) is 18.2 Å². The van der Waals surface area contributed by atoms with Gasteiger partial charge in [-0.1, -0.05) is 23.7 Å². The zero-order chi connectivity index (χ0) is 19.4. The number of fused-ring (bicyclic) bond motifs is 1. The van der Waals surface area contributed by atoms with Crippen molar-refractivity contribution < 1.29 is 22.7 Å². The molecule has 1 aromatic heterocycles. The van der Waals surface area contributed by atoms with Crippen molar-refractivity contribution in [1.29, 1.82) is 0 Å². The monoisotopic (exact) mass is 397 g/mol. The van der Waals surface area contributed by atoms with E-state index >= 15 is 0 Å². The Balaban J connectivity index is 1.69. The van der Waals surface area contributed by atoms with Gasteiger partial charge in [-0.25, -0.2) is 4.98 Å². The molecule has 1 unspecified atom stereocenters. The maximum absolute atomic E-state index is 12.6. The van der Waals surface area contributed by atoms with Crippen LogP contribution in [-0.4, -0.2) is 47.7 Å². The van der Waals surface area contributed by atoms with Crippen molar-refractivity contribution in [3.63, 3.8) is 0 Å². The number of alkyl halides is 3. The molecule has 1 amide bonds. The zero-order valence-corrected chi connectivity index (χ0v) is 15.2. The fraction of sp³-hybridized carbons (Fsp3) is 0.444. The first-order valence-corrected chi connectivity index (χ1v) is 9.26. The lowest BCUT2D eigenvalue weighted by Gasteiger charge is -2.32. The first-order chi connectivity index (χ1) is 12.9. The lowest BCUT2D eigenvalue weighted by Crippen LogP contribution is -2.47. The number of carbonyl (C=O) groups excluding carboxylic acids is 1. The van der Waals surface area contributed by atoms with Gasteiger partial charge in [0.2, 0.25) is 5.91 Å². The molecule has 1 aromatic carbocycles. The first kappa shape index (κ1) is 19.5. The molecule has 1 N–H and O–H groups in total. The molecule has 1 aliphatic rings. The molecule has 3 rings (SSSR count). The Morgan fingerprint density at radius 2 is 2.26 bits per heavy atom. The van der Waals surface area contributed by atoms with Gasteiger partial charge in [-0.3, -0.25) is 9.69 Å². The van der Waals surface area contributed by atoms with E-state index in [1.54, 1.807) is 6.07 Å². The smallest absolute Gasteiger partial charge is 0.422 e. The number of nitrogens with zero attached hydrogens (tertiary/aromatic N) is 2. The van der Waals surface area contributed by atoms with Gasteiger partial charge in [-0.05, 0) is 37.6 Å². The van der Waals surface area contributed by atoms with Gasteiger partial charge in [-0.15, -0.1) is 6.42 Å². The second-order valence-electron chi connectivity index (χ2n) is 6.23. The molecule has 1 saturated heterocycles. The minimum absolute atomic E-state index is 0.105. The van der Waals surface area contributed by atoms with Gasteiger partial charge in [-0.2, -0.15) is 13.2 Å². The third kappa shape index (κ3) is 5.11. The fourth-order valence-corrected chi connectivity index (χ4v) is 3.89. The van der Waals surface area contributed by atoms with Gasteiger partial charge in [0.25, 0.3) is 0 Å². The van der Waals surface area contributed by atoms with E-state index in [2.05, 4.69) is 16.2 Å². The van der Waals surface area contributed by atoms with Crippen molar-refractivity contribution in [2.24, 2.45) is 0 Å². The van der Waals surface area contributed by atoms with E-state index < -0.39 is 12.8 Å². The average molecular weight is 397 g/mol. The van der Waals surface area contributed by atoms with Crippen LogP contribution in [0, 0.1) is 12.3 Å². The molecule has 0 saturated carbocycles. The number of hydrogen-bond donors (Lipinski definition) is 1. The summed E-state index contributed by atoms with van der Waals surface area (Å²) in [6, 6.07) is 4.18. The molecular formula is C18H18F3N3O2S. The summed E-state index contributed by atoms with van der Waals surface area (Å²) in [5, 5.41) is 3.20. The minimum Gasteiger partial charge on any atom is -0.484 e. The van der Waals surface area contributed by atoms with Gasteiger partial charge in [0.1, 0.15) is 5.75 Å². The van der Waals surface area contributed by atoms with Crippen LogP contribution in [-0.2, 0) is 4.79 Å². The molecule has 0 radical (unpaired) electrons. The number of halogens is 3. The zero-order valence-electron chi connectivity index (χ0n) is 14.4. The second kappa shape index (κ2) is 8.15. The van der Waals surface area contributed by atoms with Crippen LogP contribution in [0.2, 0.25) is 0 Å².